The first kappa shape index (κ1) is 16.4. The molecule has 22 heavy (non-hydrogen) atoms. The average molecular weight is 314 g/mol. The van der Waals surface area contributed by atoms with Gasteiger partial charge in [-0.25, -0.2) is 4.79 Å². The zero-order valence-electron chi connectivity index (χ0n) is 12.2. The largest absolute Gasteiger partial charge is 0.482 e. The fraction of sp³-hybridized carbons (Fsp3) is 0.438. The number of benzene rings is 1. The number of carbonyl (C=O) groups is 1. The van der Waals surface area contributed by atoms with Crippen molar-refractivity contribution >= 4 is 5.97 Å². The van der Waals surface area contributed by atoms with E-state index in [4.69, 9.17) is 9.84 Å². The predicted octanol–water partition coefficient (Wildman–Crippen LogP) is 4.67. The highest BCUT2D eigenvalue weighted by molar-refractivity contribution is 5.88. The fourth-order valence-corrected chi connectivity index (χ4v) is 2.75. The van der Waals surface area contributed by atoms with Crippen molar-refractivity contribution in [2.24, 2.45) is 0 Å². The van der Waals surface area contributed by atoms with Crippen LogP contribution in [0.25, 0.3) is 0 Å². The first-order valence-electron chi connectivity index (χ1n) is 6.95. The minimum atomic E-state index is -4.61. The van der Waals surface area contributed by atoms with Gasteiger partial charge in [0.25, 0.3) is 0 Å². The van der Waals surface area contributed by atoms with E-state index in [2.05, 4.69) is 6.58 Å². The van der Waals surface area contributed by atoms with Gasteiger partial charge in [-0.1, -0.05) is 6.58 Å². The number of alkyl halides is 3. The van der Waals surface area contributed by atoms with Gasteiger partial charge in [0.15, 0.2) is 0 Å². The van der Waals surface area contributed by atoms with Gasteiger partial charge >= 0.3 is 12.1 Å². The van der Waals surface area contributed by atoms with Crippen molar-refractivity contribution in [1.82, 2.24) is 0 Å². The van der Waals surface area contributed by atoms with Gasteiger partial charge in [0.1, 0.15) is 11.4 Å². The molecule has 0 amide bonds. The number of halogens is 3. The second kappa shape index (κ2) is 5.66. The molecular formula is C16H17F3O3. The van der Waals surface area contributed by atoms with E-state index in [1.165, 1.54) is 0 Å². The lowest BCUT2D eigenvalue weighted by Gasteiger charge is -2.32. The zero-order chi connectivity index (χ0) is 16.5. The van der Waals surface area contributed by atoms with Crippen LogP contribution in [0.2, 0.25) is 0 Å². The van der Waals surface area contributed by atoms with Gasteiger partial charge in [-0.05, 0) is 56.4 Å². The Bertz CT molecular complexity index is 599. The topological polar surface area (TPSA) is 46.5 Å². The Hall–Kier alpha value is -1.98. The summed E-state index contributed by atoms with van der Waals surface area (Å²) in [6.07, 6.45) is -1.77. The minimum Gasteiger partial charge on any atom is -0.482 e. The summed E-state index contributed by atoms with van der Waals surface area (Å²) in [6, 6.07) is 2.62. The SMILES string of the molecule is C=C(C)C1(Oc2cc(C(=O)O)ccc2C(F)(F)F)CCCC1. The van der Waals surface area contributed by atoms with Crippen LogP contribution >= 0.6 is 0 Å². The van der Waals surface area contributed by atoms with Crippen molar-refractivity contribution in [3.63, 3.8) is 0 Å². The molecule has 2 rings (SSSR count). The van der Waals surface area contributed by atoms with E-state index in [0.29, 0.717) is 18.4 Å². The average Bonchev–Trinajstić information content (AvgIpc) is 2.87. The summed E-state index contributed by atoms with van der Waals surface area (Å²) in [6.45, 7) is 5.55. The molecule has 0 spiro atoms. The molecule has 0 aliphatic heterocycles. The van der Waals surface area contributed by atoms with Crippen LogP contribution in [0.5, 0.6) is 5.75 Å². The highest BCUT2D eigenvalue weighted by atomic mass is 19.4. The van der Waals surface area contributed by atoms with Crippen LogP contribution in [0.4, 0.5) is 13.2 Å². The Morgan fingerprint density at radius 2 is 1.91 bits per heavy atom. The van der Waals surface area contributed by atoms with Crippen LogP contribution in [0.15, 0.2) is 30.4 Å². The molecule has 0 aromatic heterocycles. The van der Waals surface area contributed by atoms with E-state index in [9.17, 15) is 18.0 Å². The minimum absolute atomic E-state index is 0.238. The standard InChI is InChI=1S/C16H17F3O3/c1-10(2)15(7-3-4-8-15)22-13-9-11(14(20)21)5-6-12(13)16(17,18)19/h5-6,9H,1,3-4,7-8H2,2H3,(H,20,21). The Balaban J connectivity index is 2.49. The Morgan fingerprint density at radius 1 is 1.32 bits per heavy atom. The van der Waals surface area contributed by atoms with Gasteiger partial charge in [-0.15, -0.1) is 0 Å². The van der Waals surface area contributed by atoms with Crippen LogP contribution < -0.4 is 4.74 Å². The van der Waals surface area contributed by atoms with E-state index in [0.717, 1.165) is 31.0 Å². The molecule has 1 aromatic carbocycles. The molecule has 0 radical (unpaired) electrons. The third-order valence-corrected chi connectivity index (χ3v) is 4.03. The van der Waals surface area contributed by atoms with E-state index in [-0.39, 0.29) is 5.56 Å². The number of aromatic carboxylic acids is 1. The van der Waals surface area contributed by atoms with Crippen molar-refractivity contribution in [3.8, 4) is 5.75 Å². The van der Waals surface area contributed by atoms with Crippen molar-refractivity contribution in [2.75, 3.05) is 0 Å². The Labute approximate surface area is 126 Å². The maximum absolute atomic E-state index is 13.1. The molecule has 1 N–H and O–H groups in total. The molecule has 1 aliphatic rings. The quantitative estimate of drug-likeness (QED) is 0.821. The first-order valence-corrected chi connectivity index (χ1v) is 6.95. The highest BCUT2D eigenvalue weighted by Gasteiger charge is 2.41. The Morgan fingerprint density at radius 3 is 2.36 bits per heavy atom. The third-order valence-electron chi connectivity index (χ3n) is 4.03. The maximum Gasteiger partial charge on any atom is 0.419 e. The summed E-state index contributed by atoms with van der Waals surface area (Å²) in [5.41, 5.74) is -1.40. The summed E-state index contributed by atoms with van der Waals surface area (Å²) < 4.78 is 45.1. The second-order valence-electron chi connectivity index (χ2n) is 5.60. The fourth-order valence-electron chi connectivity index (χ4n) is 2.75. The second-order valence-corrected chi connectivity index (χ2v) is 5.60. The van der Waals surface area contributed by atoms with Gasteiger partial charge in [0, 0.05) is 0 Å². The number of hydrogen-bond acceptors (Lipinski definition) is 2. The van der Waals surface area contributed by atoms with Crippen molar-refractivity contribution < 1.29 is 27.8 Å². The molecule has 0 bridgehead atoms. The number of hydrogen-bond donors (Lipinski definition) is 1. The molecule has 0 atom stereocenters. The molecule has 120 valence electrons. The molecule has 0 saturated heterocycles. The summed E-state index contributed by atoms with van der Waals surface area (Å²) in [4.78, 5) is 11.0. The normalized spacial score (nSPS) is 17.3. The van der Waals surface area contributed by atoms with Gasteiger partial charge in [0.05, 0.1) is 11.1 Å². The first-order chi connectivity index (χ1) is 10.2. The lowest BCUT2D eigenvalue weighted by Crippen LogP contribution is -2.34. The Kier molecular flexibility index (Phi) is 4.22. The monoisotopic (exact) mass is 314 g/mol. The number of carboxylic acids is 1. The van der Waals surface area contributed by atoms with Crippen LogP contribution in [0.3, 0.4) is 0 Å². The maximum atomic E-state index is 13.1. The highest BCUT2D eigenvalue weighted by Crippen LogP contribution is 2.43. The molecular weight excluding hydrogens is 297 g/mol. The molecule has 6 heteroatoms. The van der Waals surface area contributed by atoms with Crippen LogP contribution in [-0.2, 0) is 6.18 Å². The number of carboxylic acid groups (broad SMARTS) is 1. The van der Waals surface area contributed by atoms with Crippen molar-refractivity contribution in [3.05, 3.63) is 41.5 Å². The van der Waals surface area contributed by atoms with Gasteiger partial charge in [-0.3, -0.25) is 0 Å². The van der Waals surface area contributed by atoms with Crippen LogP contribution in [0.1, 0.15) is 48.5 Å². The lowest BCUT2D eigenvalue weighted by atomic mass is 9.93. The van der Waals surface area contributed by atoms with Gasteiger partial charge in [-0.2, -0.15) is 13.2 Å². The summed E-state index contributed by atoms with van der Waals surface area (Å²) >= 11 is 0. The molecule has 3 nitrogen and oxygen atoms in total. The van der Waals surface area contributed by atoms with Crippen molar-refractivity contribution in [2.45, 2.75) is 44.4 Å². The molecule has 1 fully saturated rings. The third kappa shape index (κ3) is 3.10. The smallest absolute Gasteiger partial charge is 0.419 e. The van der Waals surface area contributed by atoms with Crippen molar-refractivity contribution in [1.29, 1.82) is 0 Å². The predicted molar refractivity (Wildman–Crippen MR) is 75.0 cm³/mol. The molecule has 1 saturated carbocycles. The lowest BCUT2D eigenvalue weighted by molar-refractivity contribution is -0.139. The molecule has 1 aromatic rings. The van der Waals surface area contributed by atoms with Crippen LogP contribution in [-0.4, -0.2) is 16.7 Å². The van der Waals surface area contributed by atoms with E-state index < -0.39 is 29.1 Å². The van der Waals surface area contributed by atoms with E-state index >= 15 is 0 Å². The zero-order valence-corrected chi connectivity index (χ0v) is 12.2. The molecule has 0 heterocycles. The number of ether oxygens (including phenoxy) is 1. The summed E-state index contributed by atoms with van der Waals surface area (Å²) in [5.74, 6) is -1.74. The summed E-state index contributed by atoms with van der Waals surface area (Å²) in [7, 11) is 0. The summed E-state index contributed by atoms with van der Waals surface area (Å²) in [5, 5.41) is 8.98. The molecule has 1 aliphatic carbocycles. The molecule has 0 unspecified atom stereocenters. The van der Waals surface area contributed by atoms with Crippen LogP contribution in [0, 0.1) is 0 Å². The number of rotatable bonds is 4. The van der Waals surface area contributed by atoms with Gasteiger partial charge < -0.3 is 9.84 Å². The van der Waals surface area contributed by atoms with Gasteiger partial charge in [0.2, 0.25) is 0 Å². The van der Waals surface area contributed by atoms with E-state index in [1.807, 2.05) is 0 Å². The van der Waals surface area contributed by atoms with E-state index in [1.54, 1.807) is 6.92 Å².